The van der Waals surface area contributed by atoms with Crippen LogP contribution in [0.2, 0.25) is 5.02 Å². The fraction of sp³-hybridized carbons (Fsp3) is 0.200. The van der Waals surface area contributed by atoms with Crippen molar-refractivity contribution in [1.82, 2.24) is 19.9 Å². The molecule has 0 aliphatic rings. The van der Waals surface area contributed by atoms with Crippen LogP contribution in [0, 0.1) is 6.92 Å². The van der Waals surface area contributed by atoms with E-state index in [0.717, 1.165) is 16.6 Å². The Labute approximate surface area is 168 Å². The van der Waals surface area contributed by atoms with E-state index in [4.69, 9.17) is 11.6 Å². The second-order valence-corrected chi connectivity index (χ2v) is 6.96. The summed E-state index contributed by atoms with van der Waals surface area (Å²) in [7, 11) is 3.87. The third-order valence-electron chi connectivity index (χ3n) is 3.93. The quantitative estimate of drug-likeness (QED) is 0.617. The number of halogens is 1. The Bertz CT molecular complexity index is 1030. The maximum Gasteiger partial charge on any atom is 0.249 e. The maximum absolute atomic E-state index is 12.1. The average molecular weight is 397 g/mol. The Morgan fingerprint density at radius 1 is 1.21 bits per heavy atom. The van der Waals surface area contributed by atoms with Crippen LogP contribution in [0.25, 0.3) is 10.9 Å². The summed E-state index contributed by atoms with van der Waals surface area (Å²) in [4.78, 5) is 26.8. The first kappa shape index (κ1) is 19.7. The standard InChI is InChI=1S/C20H21ClN6O/c1-13-9-14(6-7-16(13)21)25-20-15-10-18(22-11-17(15)23-12-24-20)26-19(28)5-4-8-27(2)3/h4-7,9-12H,8H2,1-3H3,(H,22,26,28)(H,23,24,25)/b5-4+. The van der Waals surface area contributed by atoms with Gasteiger partial charge in [0.05, 0.1) is 11.7 Å². The van der Waals surface area contributed by atoms with Gasteiger partial charge in [-0.15, -0.1) is 0 Å². The van der Waals surface area contributed by atoms with Gasteiger partial charge in [-0.05, 0) is 50.8 Å². The van der Waals surface area contributed by atoms with Gasteiger partial charge in [0, 0.05) is 28.7 Å². The second-order valence-electron chi connectivity index (χ2n) is 6.55. The summed E-state index contributed by atoms with van der Waals surface area (Å²) < 4.78 is 0. The number of carbonyl (C=O) groups excluding carboxylic acids is 1. The molecule has 0 bridgehead atoms. The number of pyridine rings is 1. The number of hydrogen-bond donors (Lipinski definition) is 2. The molecule has 0 aliphatic heterocycles. The minimum atomic E-state index is -0.242. The van der Waals surface area contributed by atoms with Crippen LogP contribution in [-0.2, 0) is 4.79 Å². The Morgan fingerprint density at radius 2 is 2.04 bits per heavy atom. The number of amides is 1. The zero-order chi connectivity index (χ0) is 20.1. The van der Waals surface area contributed by atoms with Crippen molar-refractivity contribution in [1.29, 1.82) is 0 Å². The number of hydrogen-bond acceptors (Lipinski definition) is 6. The number of nitrogens with one attached hydrogen (secondary N) is 2. The van der Waals surface area contributed by atoms with Gasteiger partial charge in [-0.25, -0.2) is 15.0 Å². The molecule has 2 N–H and O–H groups in total. The van der Waals surface area contributed by atoms with Crippen LogP contribution >= 0.6 is 11.6 Å². The first-order valence-electron chi connectivity index (χ1n) is 8.68. The molecule has 0 saturated heterocycles. The second kappa shape index (κ2) is 8.77. The minimum absolute atomic E-state index is 0.242. The fourth-order valence-electron chi connectivity index (χ4n) is 2.52. The van der Waals surface area contributed by atoms with Gasteiger partial charge in [0.25, 0.3) is 0 Å². The first-order valence-corrected chi connectivity index (χ1v) is 9.06. The van der Waals surface area contributed by atoms with E-state index in [2.05, 4.69) is 25.6 Å². The molecule has 28 heavy (non-hydrogen) atoms. The molecule has 0 aliphatic carbocycles. The number of carbonyl (C=O) groups is 1. The molecule has 8 heteroatoms. The molecular weight excluding hydrogens is 376 g/mol. The zero-order valence-corrected chi connectivity index (χ0v) is 16.7. The van der Waals surface area contributed by atoms with Crippen molar-refractivity contribution in [2.24, 2.45) is 0 Å². The molecule has 3 aromatic rings. The summed E-state index contributed by atoms with van der Waals surface area (Å²) in [6, 6.07) is 7.40. The van der Waals surface area contributed by atoms with E-state index in [1.165, 1.54) is 12.4 Å². The summed E-state index contributed by atoms with van der Waals surface area (Å²) in [5.41, 5.74) is 2.49. The zero-order valence-electron chi connectivity index (χ0n) is 15.9. The van der Waals surface area contributed by atoms with Crippen LogP contribution < -0.4 is 10.6 Å². The van der Waals surface area contributed by atoms with Gasteiger partial charge in [0.2, 0.25) is 5.91 Å². The number of nitrogens with zero attached hydrogens (tertiary/aromatic N) is 4. The van der Waals surface area contributed by atoms with Gasteiger partial charge in [0.1, 0.15) is 18.0 Å². The van der Waals surface area contributed by atoms with Gasteiger partial charge in [0.15, 0.2) is 0 Å². The van der Waals surface area contributed by atoms with Crippen LogP contribution in [-0.4, -0.2) is 46.4 Å². The molecule has 0 atom stereocenters. The molecule has 7 nitrogen and oxygen atoms in total. The lowest BCUT2D eigenvalue weighted by Gasteiger charge is -2.10. The highest BCUT2D eigenvalue weighted by molar-refractivity contribution is 6.31. The highest BCUT2D eigenvalue weighted by Crippen LogP contribution is 2.26. The summed E-state index contributed by atoms with van der Waals surface area (Å²) in [6.07, 6.45) is 6.35. The summed E-state index contributed by atoms with van der Waals surface area (Å²) >= 11 is 6.09. The molecule has 0 saturated carbocycles. The Morgan fingerprint density at radius 3 is 2.79 bits per heavy atom. The predicted molar refractivity (Wildman–Crippen MR) is 113 cm³/mol. The highest BCUT2D eigenvalue weighted by atomic mass is 35.5. The molecule has 0 spiro atoms. The molecule has 0 unspecified atom stereocenters. The predicted octanol–water partition coefficient (Wildman–Crippen LogP) is 3.79. The number of anilines is 3. The van der Waals surface area contributed by atoms with Gasteiger partial charge < -0.3 is 15.5 Å². The van der Waals surface area contributed by atoms with Crippen molar-refractivity contribution in [2.75, 3.05) is 31.3 Å². The normalized spacial score (nSPS) is 11.3. The van der Waals surface area contributed by atoms with Crippen molar-refractivity contribution >= 4 is 45.7 Å². The molecule has 1 aromatic carbocycles. The van der Waals surface area contributed by atoms with E-state index in [-0.39, 0.29) is 5.91 Å². The Kier molecular flexibility index (Phi) is 6.18. The van der Waals surface area contributed by atoms with Gasteiger partial charge >= 0.3 is 0 Å². The SMILES string of the molecule is Cc1cc(Nc2ncnc3cnc(NC(=O)/C=C/CN(C)C)cc23)ccc1Cl. The lowest BCUT2D eigenvalue weighted by atomic mass is 10.2. The van der Waals surface area contributed by atoms with Crippen LogP contribution in [0.4, 0.5) is 17.3 Å². The van der Waals surface area contributed by atoms with Crippen molar-refractivity contribution in [3.05, 3.63) is 59.5 Å². The van der Waals surface area contributed by atoms with E-state index in [9.17, 15) is 4.79 Å². The smallest absolute Gasteiger partial charge is 0.249 e. The molecule has 3 rings (SSSR count). The molecule has 0 fully saturated rings. The lowest BCUT2D eigenvalue weighted by Crippen LogP contribution is -2.13. The van der Waals surface area contributed by atoms with Gasteiger partial charge in [-0.3, -0.25) is 4.79 Å². The molecular formula is C20H21ClN6O. The minimum Gasteiger partial charge on any atom is -0.340 e. The summed E-state index contributed by atoms with van der Waals surface area (Å²) in [6.45, 7) is 2.62. The van der Waals surface area contributed by atoms with Crippen molar-refractivity contribution < 1.29 is 4.79 Å². The van der Waals surface area contributed by atoms with Crippen molar-refractivity contribution in [2.45, 2.75) is 6.92 Å². The van der Waals surface area contributed by atoms with Crippen LogP contribution in [0.3, 0.4) is 0 Å². The molecule has 1 amide bonds. The summed E-state index contributed by atoms with van der Waals surface area (Å²) in [5, 5.41) is 7.48. The third kappa shape index (κ3) is 5.03. The lowest BCUT2D eigenvalue weighted by molar-refractivity contribution is -0.111. The van der Waals surface area contributed by atoms with Gasteiger partial charge in [-0.1, -0.05) is 17.7 Å². The molecule has 2 heterocycles. The number of aromatic nitrogens is 3. The summed E-state index contributed by atoms with van der Waals surface area (Å²) in [5.74, 6) is 0.804. The number of likely N-dealkylation sites (N-methyl/N-ethyl adjacent to an activating group) is 1. The third-order valence-corrected chi connectivity index (χ3v) is 4.36. The van der Waals surface area contributed by atoms with Crippen LogP contribution in [0.5, 0.6) is 0 Å². The topological polar surface area (TPSA) is 83.0 Å². The van der Waals surface area contributed by atoms with E-state index < -0.39 is 0 Å². The maximum atomic E-state index is 12.1. The number of benzene rings is 1. The molecule has 144 valence electrons. The van der Waals surface area contributed by atoms with Gasteiger partial charge in [-0.2, -0.15) is 0 Å². The number of rotatable bonds is 6. The monoisotopic (exact) mass is 396 g/mol. The van der Waals surface area contributed by atoms with Crippen LogP contribution in [0.1, 0.15) is 5.56 Å². The first-order chi connectivity index (χ1) is 13.4. The number of fused-ring (bicyclic) bond motifs is 1. The highest BCUT2D eigenvalue weighted by Gasteiger charge is 2.08. The van der Waals surface area contributed by atoms with E-state index >= 15 is 0 Å². The van der Waals surface area contributed by atoms with E-state index in [1.807, 2.05) is 44.1 Å². The van der Waals surface area contributed by atoms with Crippen molar-refractivity contribution in [3.8, 4) is 0 Å². The Balaban J connectivity index is 1.84. The number of aryl methyl sites for hydroxylation is 1. The van der Waals surface area contributed by atoms with E-state index in [1.54, 1.807) is 18.3 Å². The van der Waals surface area contributed by atoms with Crippen LogP contribution in [0.15, 0.2) is 48.9 Å². The van der Waals surface area contributed by atoms with E-state index in [0.29, 0.717) is 28.7 Å². The Hall–Kier alpha value is -3.03. The molecule has 0 radical (unpaired) electrons. The fourth-order valence-corrected chi connectivity index (χ4v) is 2.64. The molecule has 2 aromatic heterocycles. The largest absolute Gasteiger partial charge is 0.340 e. The van der Waals surface area contributed by atoms with Crippen molar-refractivity contribution in [3.63, 3.8) is 0 Å². The average Bonchev–Trinajstić information content (AvgIpc) is 2.65.